The van der Waals surface area contributed by atoms with Gasteiger partial charge in [-0.05, 0) is 36.6 Å². The molecule has 0 unspecified atom stereocenters. The van der Waals surface area contributed by atoms with E-state index in [9.17, 15) is 9.59 Å². The molecule has 0 fully saturated rings. The Labute approximate surface area is 166 Å². The standard InChI is InChI=1S/C22H20N4O3/c1-14-8-9-18-24-20-17(21(27)26(18)13-14)12-16(22(28)29-2)19(23)25(20)11-10-15-6-4-3-5-7-15/h3-9,12-13,23H,10-11H2,1-2H3. The number of rotatable bonds is 4. The number of pyridine rings is 2. The summed E-state index contributed by atoms with van der Waals surface area (Å²) in [5.41, 5.74) is 2.61. The van der Waals surface area contributed by atoms with Crippen LogP contribution < -0.4 is 11.0 Å². The van der Waals surface area contributed by atoms with E-state index in [1.54, 1.807) is 16.8 Å². The fourth-order valence-electron chi connectivity index (χ4n) is 3.41. The van der Waals surface area contributed by atoms with Gasteiger partial charge in [0.15, 0.2) is 0 Å². The van der Waals surface area contributed by atoms with Crippen molar-refractivity contribution >= 4 is 22.6 Å². The van der Waals surface area contributed by atoms with Crippen LogP contribution in [-0.2, 0) is 17.7 Å². The number of fused-ring (bicyclic) bond motifs is 2. The summed E-state index contributed by atoms with van der Waals surface area (Å²) in [6.45, 7) is 2.29. The third-order valence-corrected chi connectivity index (χ3v) is 4.93. The minimum atomic E-state index is -0.654. The van der Waals surface area contributed by atoms with Gasteiger partial charge in [-0.2, -0.15) is 0 Å². The quantitative estimate of drug-likeness (QED) is 0.430. The smallest absolute Gasteiger partial charge is 0.341 e. The number of nitrogens with one attached hydrogen (secondary N) is 1. The van der Waals surface area contributed by atoms with Crippen molar-refractivity contribution in [2.45, 2.75) is 19.9 Å². The fourth-order valence-corrected chi connectivity index (χ4v) is 3.41. The maximum absolute atomic E-state index is 13.1. The van der Waals surface area contributed by atoms with Crippen molar-refractivity contribution in [3.8, 4) is 0 Å². The highest BCUT2D eigenvalue weighted by atomic mass is 16.5. The first-order valence-corrected chi connectivity index (χ1v) is 9.23. The maximum Gasteiger partial charge on any atom is 0.341 e. The summed E-state index contributed by atoms with van der Waals surface area (Å²) in [5.74, 6) is -0.654. The molecule has 0 spiro atoms. The highest BCUT2D eigenvalue weighted by Crippen LogP contribution is 2.13. The lowest BCUT2D eigenvalue weighted by atomic mass is 10.1. The molecule has 0 aliphatic carbocycles. The van der Waals surface area contributed by atoms with Gasteiger partial charge in [-0.25, -0.2) is 9.78 Å². The van der Waals surface area contributed by atoms with Crippen molar-refractivity contribution in [3.05, 3.63) is 87.3 Å². The summed E-state index contributed by atoms with van der Waals surface area (Å²) in [4.78, 5) is 30.0. The van der Waals surface area contributed by atoms with Crippen LogP contribution in [0.1, 0.15) is 21.5 Å². The summed E-state index contributed by atoms with van der Waals surface area (Å²) < 4.78 is 7.90. The molecule has 0 bridgehead atoms. The largest absolute Gasteiger partial charge is 0.465 e. The van der Waals surface area contributed by atoms with Crippen molar-refractivity contribution in [2.24, 2.45) is 0 Å². The maximum atomic E-state index is 13.1. The highest BCUT2D eigenvalue weighted by Gasteiger charge is 2.18. The normalized spacial score (nSPS) is 11.1. The average molecular weight is 388 g/mol. The summed E-state index contributed by atoms with van der Waals surface area (Å²) in [5, 5.41) is 8.83. The minimum Gasteiger partial charge on any atom is -0.465 e. The van der Waals surface area contributed by atoms with E-state index in [1.807, 2.05) is 43.3 Å². The number of carbonyl (C=O) groups is 1. The van der Waals surface area contributed by atoms with Crippen LogP contribution in [0.3, 0.4) is 0 Å². The number of ether oxygens (including phenoxy) is 1. The zero-order valence-corrected chi connectivity index (χ0v) is 16.2. The third kappa shape index (κ3) is 3.31. The van der Waals surface area contributed by atoms with E-state index in [0.29, 0.717) is 24.3 Å². The molecule has 3 heterocycles. The molecule has 1 aromatic carbocycles. The number of benzene rings is 1. The van der Waals surface area contributed by atoms with Crippen LogP contribution in [0.4, 0.5) is 0 Å². The van der Waals surface area contributed by atoms with Gasteiger partial charge in [0.25, 0.3) is 5.56 Å². The molecular weight excluding hydrogens is 368 g/mol. The van der Waals surface area contributed by atoms with Crippen molar-refractivity contribution in [1.82, 2.24) is 14.0 Å². The molecule has 0 saturated heterocycles. The van der Waals surface area contributed by atoms with Gasteiger partial charge in [-0.1, -0.05) is 36.4 Å². The molecule has 0 atom stereocenters. The van der Waals surface area contributed by atoms with Crippen molar-refractivity contribution < 1.29 is 9.53 Å². The van der Waals surface area contributed by atoms with E-state index >= 15 is 0 Å². The Morgan fingerprint density at radius 3 is 2.66 bits per heavy atom. The van der Waals surface area contributed by atoms with Gasteiger partial charge in [0.1, 0.15) is 22.3 Å². The summed E-state index contributed by atoms with van der Waals surface area (Å²) in [7, 11) is 1.26. The van der Waals surface area contributed by atoms with Gasteiger partial charge in [-0.3, -0.25) is 14.6 Å². The number of methoxy groups -OCH3 is 1. The van der Waals surface area contributed by atoms with Crippen LogP contribution in [0.2, 0.25) is 0 Å². The van der Waals surface area contributed by atoms with Crippen molar-refractivity contribution in [1.29, 1.82) is 5.41 Å². The molecule has 3 aromatic heterocycles. The second-order valence-electron chi connectivity index (χ2n) is 6.87. The number of hydrogen-bond donors (Lipinski definition) is 1. The monoisotopic (exact) mass is 388 g/mol. The molecule has 0 saturated carbocycles. The van der Waals surface area contributed by atoms with Crippen LogP contribution in [0, 0.1) is 12.3 Å². The first-order chi connectivity index (χ1) is 14.0. The number of carbonyl (C=O) groups excluding carboxylic acids is 1. The molecule has 7 nitrogen and oxygen atoms in total. The van der Waals surface area contributed by atoms with Crippen molar-refractivity contribution in [2.75, 3.05) is 7.11 Å². The van der Waals surface area contributed by atoms with E-state index in [1.165, 1.54) is 17.6 Å². The Bertz CT molecular complexity index is 1350. The number of nitrogens with zero attached hydrogens (tertiary/aromatic N) is 3. The lowest BCUT2D eigenvalue weighted by Gasteiger charge is -2.14. The molecular formula is C22H20N4O3. The van der Waals surface area contributed by atoms with E-state index in [0.717, 1.165) is 11.1 Å². The van der Waals surface area contributed by atoms with Gasteiger partial charge >= 0.3 is 5.97 Å². The molecule has 0 amide bonds. The number of aromatic nitrogens is 3. The van der Waals surface area contributed by atoms with Crippen LogP contribution in [0.15, 0.2) is 59.5 Å². The predicted molar refractivity (Wildman–Crippen MR) is 109 cm³/mol. The van der Waals surface area contributed by atoms with E-state index < -0.39 is 5.97 Å². The zero-order chi connectivity index (χ0) is 20.5. The molecule has 4 aromatic rings. The van der Waals surface area contributed by atoms with Crippen LogP contribution >= 0.6 is 0 Å². The van der Waals surface area contributed by atoms with E-state index in [4.69, 9.17) is 10.1 Å². The van der Waals surface area contributed by atoms with Gasteiger partial charge in [0, 0.05) is 12.7 Å². The van der Waals surface area contributed by atoms with Gasteiger partial charge in [-0.15, -0.1) is 0 Å². The number of esters is 1. The topological polar surface area (TPSA) is 89.4 Å². The van der Waals surface area contributed by atoms with Gasteiger partial charge < -0.3 is 9.30 Å². The summed E-state index contributed by atoms with van der Waals surface area (Å²) in [6.07, 6.45) is 2.34. The third-order valence-electron chi connectivity index (χ3n) is 4.93. The van der Waals surface area contributed by atoms with E-state index in [-0.39, 0.29) is 22.0 Å². The highest BCUT2D eigenvalue weighted by molar-refractivity contribution is 5.93. The molecule has 4 rings (SSSR count). The Morgan fingerprint density at radius 1 is 1.17 bits per heavy atom. The molecule has 0 aliphatic heterocycles. The molecule has 1 N–H and O–H groups in total. The fraction of sp³-hybridized carbons (Fsp3) is 0.182. The van der Waals surface area contributed by atoms with Crippen LogP contribution in [-0.4, -0.2) is 27.0 Å². The first kappa shape index (κ1) is 18.6. The Hall–Kier alpha value is -3.74. The Kier molecular flexibility index (Phi) is 4.72. The zero-order valence-electron chi connectivity index (χ0n) is 16.2. The van der Waals surface area contributed by atoms with Crippen molar-refractivity contribution in [3.63, 3.8) is 0 Å². The van der Waals surface area contributed by atoms with E-state index in [2.05, 4.69) is 4.98 Å². The van der Waals surface area contributed by atoms with Crippen LogP contribution in [0.25, 0.3) is 16.7 Å². The Balaban J connectivity index is 2.00. The SMILES string of the molecule is COC(=O)c1cc2c(=O)n3cc(C)ccc3nc2n(CCc2ccccc2)c1=N. The summed E-state index contributed by atoms with van der Waals surface area (Å²) >= 11 is 0. The predicted octanol–water partition coefficient (Wildman–Crippen LogP) is 2.47. The second kappa shape index (κ2) is 7.35. The van der Waals surface area contributed by atoms with Gasteiger partial charge in [0.2, 0.25) is 0 Å². The lowest BCUT2D eigenvalue weighted by molar-refractivity contribution is 0.0597. The molecule has 0 aliphatic rings. The molecule has 0 radical (unpaired) electrons. The van der Waals surface area contributed by atoms with Gasteiger partial charge in [0.05, 0.1) is 12.5 Å². The first-order valence-electron chi connectivity index (χ1n) is 9.23. The number of aryl methyl sites for hydroxylation is 3. The minimum absolute atomic E-state index is 0.0244. The molecule has 29 heavy (non-hydrogen) atoms. The molecule has 7 heteroatoms. The van der Waals surface area contributed by atoms with Crippen LogP contribution in [0.5, 0.6) is 0 Å². The second-order valence-corrected chi connectivity index (χ2v) is 6.87. The lowest BCUT2D eigenvalue weighted by Crippen LogP contribution is -2.31. The number of hydrogen-bond acceptors (Lipinski definition) is 5. The molecule has 146 valence electrons. The summed E-state index contributed by atoms with van der Waals surface area (Å²) in [6, 6.07) is 14.9. The Morgan fingerprint density at radius 2 is 1.93 bits per heavy atom. The average Bonchev–Trinajstić information content (AvgIpc) is 2.74.